The molecule has 0 fully saturated rings. The van der Waals surface area contributed by atoms with Crippen molar-refractivity contribution in [3.63, 3.8) is 0 Å². The molecule has 0 aromatic carbocycles. The molecule has 0 N–H and O–H groups in total. The van der Waals surface area contributed by atoms with Gasteiger partial charge in [-0.05, 0) is 0 Å². The molecule has 0 aliphatic heterocycles. The first-order chi connectivity index (χ1) is 8.18. The number of nitrogens with zero attached hydrogens (tertiary/aromatic N) is 3. The Morgan fingerprint density at radius 1 is 0.889 bits per heavy atom. The summed E-state index contributed by atoms with van der Waals surface area (Å²) in [7, 11) is 0. The highest BCUT2D eigenvalue weighted by Crippen LogP contribution is 2.27. The van der Waals surface area contributed by atoms with E-state index in [-0.39, 0.29) is 10.8 Å². The van der Waals surface area contributed by atoms with E-state index in [1.54, 1.807) is 0 Å². The van der Waals surface area contributed by atoms with Gasteiger partial charge in [0.2, 0.25) is 5.76 Å². The minimum Gasteiger partial charge on any atom is -0.351 e. The standard InChI is InChI=1S/C13H19N3O2/c1-12(2,3)9-7-8(17-15-9)10-14-11(16-18-10)13(4,5)6/h7H,1-6H3. The second-order valence-electron chi connectivity index (χ2n) is 6.50. The summed E-state index contributed by atoms with van der Waals surface area (Å²) in [4.78, 5) is 4.34. The van der Waals surface area contributed by atoms with Crippen molar-refractivity contribution < 1.29 is 9.05 Å². The molecular weight excluding hydrogens is 230 g/mol. The molecule has 2 aromatic heterocycles. The van der Waals surface area contributed by atoms with Gasteiger partial charge in [0.05, 0.1) is 5.69 Å². The van der Waals surface area contributed by atoms with Crippen LogP contribution in [0, 0.1) is 0 Å². The SMILES string of the molecule is CC(C)(C)c1cc(-c2nc(C(C)(C)C)no2)on1. The first-order valence-electron chi connectivity index (χ1n) is 6.00. The Hall–Kier alpha value is -1.65. The van der Waals surface area contributed by atoms with Gasteiger partial charge in [-0.3, -0.25) is 0 Å². The molecule has 2 rings (SSSR count). The van der Waals surface area contributed by atoms with Crippen LogP contribution in [0.2, 0.25) is 0 Å². The molecule has 98 valence electrons. The monoisotopic (exact) mass is 249 g/mol. The lowest BCUT2D eigenvalue weighted by atomic mass is 9.92. The summed E-state index contributed by atoms with van der Waals surface area (Å²) >= 11 is 0. The highest BCUT2D eigenvalue weighted by molar-refractivity contribution is 5.45. The molecule has 0 aliphatic rings. The number of hydrogen-bond donors (Lipinski definition) is 0. The predicted molar refractivity (Wildman–Crippen MR) is 67.2 cm³/mol. The molecule has 5 heteroatoms. The van der Waals surface area contributed by atoms with Crippen LogP contribution in [-0.4, -0.2) is 15.3 Å². The van der Waals surface area contributed by atoms with Crippen LogP contribution in [0.1, 0.15) is 53.1 Å². The van der Waals surface area contributed by atoms with Gasteiger partial charge in [-0.2, -0.15) is 4.98 Å². The average molecular weight is 249 g/mol. The number of hydrogen-bond acceptors (Lipinski definition) is 5. The van der Waals surface area contributed by atoms with E-state index in [9.17, 15) is 0 Å². The number of aromatic nitrogens is 3. The summed E-state index contributed by atoms with van der Waals surface area (Å²) in [6.07, 6.45) is 0. The maximum absolute atomic E-state index is 5.26. The van der Waals surface area contributed by atoms with Gasteiger partial charge >= 0.3 is 0 Å². The van der Waals surface area contributed by atoms with Crippen molar-refractivity contribution >= 4 is 0 Å². The van der Waals surface area contributed by atoms with Gasteiger partial charge in [-0.1, -0.05) is 51.9 Å². The summed E-state index contributed by atoms with van der Waals surface area (Å²) in [6.45, 7) is 12.3. The lowest BCUT2D eigenvalue weighted by Gasteiger charge is -2.12. The van der Waals surface area contributed by atoms with Gasteiger partial charge in [-0.25, -0.2) is 0 Å². The van der Waals surface area contributed by atoms with Crippen molar-refractivity contribution in [1.82, 2.24) is 15.3 Å². The van der Waals surface area contributed by atoms with Gasteiger partial charge in [0, 0.05) is 16.9 Å². The molecule has 2 heterocycles. The fourth-order valence-corrected chi connectivity index (χ4v) is 1.36. The van der Waals surface area contributed by atoms with E-state index in [0.29, 0.717) is 17.5 Å². The van der Waals surface area contributed by atoms with Crippen LogP contribution in [0.5, 0.6) is 0 Å². The molecule has 0 saturated heterocycles. The molecule has 0 spiro atoms. The van der Waals surface area contributed by atoms with Gasteiger partial charge in [0.1, 0.15) is 0 Å². The summed E-state index contributed by atoms with van der Waals surface area (Å²) in [5, 5.41) is 7.99. The molecule has 0 aliphatic carbocycles. The van der Waals surface area contributed by atoms with Crippen LogP contribution in [0.3, 0.4) is 0 Å². The van der Waals surface area contributed by atoms with Crippen molar-refractivity contribution in [2.75, 3.05) is 0 Å². The second-order valence-corrected chi connectivity index (χ2v) is 6.50. The summed E-state index contributed by atoms with van der Waals surface area (Å²) in [6, 6.07) is 1.85. The van der Waals surface area contributed by atoms with E-state index in [4.69, 9.17) is 9.05 Å². The highest BCUT2D eigenvalue weighted by Gasteiger charge is 2.25. The molecule has 0 bridgehead atoms. The van der Waals surface area contributed by atoms with Crippen LogP contribution >= 0.6 is 0 Å². The minimum absolute atomic E-state index is 0.0609. The lowest BCUT2D eigenvalue weighted by molar-refractivity contribution is 0.366. The van der Waals surface area contributed by atoms with Crippen LogP contribution < -0.4 is 0 Å². The van der Waals surface area contributed by atoms with E-state index in [1.165, 1.54) is 0 Å². The zero-order chi connectivity index (χ0) is 13.6. The fraction of sp³-hybridized carbons (Fsp3) is 0.615. The Kier molecular flexibility index (Phi) is 2.80. The Balaban J connectivity index is 2.33. The normalized spacial score (nSPS) is 13.0. The third-order valence-electron chi connectivity index (χ3n) is 2.59. The van der Waals surface area contributed by atoms with Crippen LogP contribution in [0.15, 0.2) is 15.1 Å². The lowest BCUT2D eigenvalue weighted by Crippen LogP contribution is -2.13. The van der Waals surface area contributed by atoms with Gasteiger partial charge in [0.25, 0.3) is 5.89 Å². The largest absolute Gasteiger partial charge is 0.351 e. The third kappa shape index (κ3) is 2.44. The summed E-state index contributed by atoms with van der Waals surface area (Å²) in [5.41, 5.74) is 0.663. The Bertz CT molecular complexity index is 491. The van der Waals surface area contributed by atoms with E-state index in [0.717, 1.165) is 5.69 Å². The van der Waals surface area contributed by atoms with Gasteiger partial charge in [0.15, 0.2) is 5.82 Å². The molecule has 18 heavy (non-hydrogen) atoms. The van der Waals surface area contributed by atoms with Crippen molar-refractivity contribution in [3.8, 4) is 11.7 Å². The smallest absolute Gasteiger partial charge is 0.296 e. The van der Waals surface area contributed by atoms with Crippen molar-refractivity contribution in [3.05, 3.63) is 17.6 Å². The highest BCUT2D eigenvalue weighted by atomic mass is 16.5. The maximum Gasteiger partial charge on any atom is 0.296 e. The molecule has 5 nitrogen and oxygen atoms in total. The minimum atomic E-state index is -0.144. The molecule has 0 unspecified atom stereocenters. The quantitative estimate of drug-likeness (QED) is 0.775. The average Bonchev–Trinajstić information content (AvgIpc) is 2.84. The Labute approximate surface area is 107 Å². The Morgan fingerprint density at radius 3 is 2.00 bits per heavy atom. The van der Waals surface area contributed by atoms with E-state index in [1.807, 2.05) is 26.8 Å². The van der Waals surface area contributed by atoms with Crippen molar-refractivity contribution in [2.45, 2.75) is 52.4 Å². The van der Waals surface area contributed by atoms with Crippen molar-refractivity contribution in [2.24, 2.45) is 0 Å². The first-order valence-corrected chi connectivity index (χ1v) is 6.00. The molecule has 0 saturated carbocycles. The summed E-state index contributed by atoms with van der Waals surface area (Å²) < 4.78 is 10.5. The van der Waals surface area contributed by atoms with Crippen molar-refractivity contribution in [1.29, 1.82) is 0 Å². The zero-order valence-electron chi connectivity index (χ0n) is 11.7. The topological polar surface area (TPSA) is 65.0 Å². The number of rotatable bonds is 1. The molecule has 0 amide bonds. The van der Waals surface area contributed by atoms with Crippen LogP contribution in [0.4, 0.5) is 0 Å². The van der Waals surface area contributed by atoms with Crippen LogP contribution in [0.25, 0.3) is 11.7 Å². The third-order valence-corrected chi connectivity index (χ3v) is 2.59. The Morgan fingerprint density at radius 2 is 1.56 bits per heavy atom. The molecule has 0 atom stereocenters. The summed E-state index contributed by atoms with van der Waals surface area (Å²) in [5.74, 6) is 1.55. The maximum atomic E-state index is 5.26. The van der Waals surface area contributed by atoms with E-state index < -0.39 is 0 Å². The predicted octanol–water partition coefficient (Wildman–Crippen LogP) is 3.32. The molecule has 0 radical (unpaired) electrons. The van der Waals surface area contributed by atoms with Gasteiger partial charge in [-0.15, -0.1) is 0 Å². The van der Waals surface area contributed by atoms with E-state index in [2.05, 4.69) is 36.1 Å². The van der Waals surface area contributed by atoms with Crippen LogP contribution in [-0.2, 0) is 10.8 Å². The van der Waals surface area contributed by atoms with Gasteiger partial charge < -0.3 is 9.05 Å². The molecular formula is C13H19N3O2. The van der Waals surface area contributed by atoms with E-state index >= 15 is 0 Å². The second kappa shape index (κ2) is 3.93. The fourth-order valence-electron chi connectivity index (χ4n) is 1.36. The first kappa shape index (κ1) is 12.8. The molecule has 2 aromatic rings. The zero-order valence-corrected chi connectivity index (χ0v) is 11.7.